The number of halogens is 2. The quantitative estimate of drug-likeness (QED) is 0.785. The second kappa shape index (κ2) is 4.92. The molecule has 0 radical (unpaired) electrons. The molecule has 1 aromatic heterocycles. The van der Waals surface area contributed by atoms with E-state index in [1.165, 1.54) is 6.07 Å². The molecule has 0 aliphatic rings. The number of hydrogen-bond donors (Lipinski definition) is 0. The van der Waals surface area contributed by atoms with E-state index in [9.17, 15) is 4.39 Å². The Balaban J connectivity index is 2.59. The Kier molecular flexibility index (Phi) is 3.52. The van der Waals surface area contributed by atoms with E-state index in [1.807, 2.05) is 13.8 Å². The van der Waals surface area contributed by atoms with E-state index in [-0.39, 0.29) is 5.82 Å². The zero-order valence-electron chi connectivity index (χ0n) is 9.67. The number of rotatable bonds is 2. The minimum absolute atomic E-state index is 0.303. The maximum absolute atomic E-state index is 13.6. The van der Waals surface area contributed by atoms with Crippen LogP contribution in [0.4, 0.5) is 4.39 Å². The van der Waals surface area contributed by atoms with Gasteiger partial charge in [-0.1, -0.05) is 19.1 Å². The van der Waals surface area contributed by atoms with Gasteiger partial charge in [0.2, 0.25) is 0 Å². The van der Waals surface area contributed by atoms with Crippen molar-refractivity contribution in [1.29, 1.82) is 0 Å². The van der Waals surface area contributed by atoms with Crippen molar-refractivity contribution in [2.24, 2.45) is 0 Å². The van der Waals surface area contributed by atoms with Crippen LogP contribution < -0.4 is 0 Å². The van der Waals surface area contributed by atoms with Crippen LogP contribution in [0.5, 0.6) is 0 Å². The van der Waals surface area contributed by atoms with Crippen molar-refractivity contribution in [3.05, 3.63) is 45.9 Å². The largest absolute Gasteiger partial charge is 0.233 e. The van der Waals surface area contributed by atoms with Crippen LogP contribution in [0.1, 0.15) is 18.2 Å². The first kappa shape index (κ1) is 12.2. The highest BCUT2D eigenvalue weighted by molar-refractivity contribution is 9.10. The summed E-state index contributed by atoms with van der Waals surface area (Å²) in [5.74, 6) is 0.118. The van der Waals surface area contributed by atoms with Gasteiger partial charge >= 0.3 is 0 Å². The molecule has 0 aliphatic carbocycles. The zero-order valence-corrected chi connectivity index (χ0v) is 11.3. The Morgan fingerprint density at radius 3 is 2.53 bits per heavy atom. The molecule has 0 unspecified atom stereocenters. The van der Waals surface area contributed by atoms with Gasteiger partial charge in [0.1, 0.15) is 10.4 Å². The van der Waals surface area contributed by atoms with Gasteiger partial charge in [0.15, 0.2) is 5.82 Å². The average Bonchev–Trinajstić information content (AvgIpc) is 2.29. The lowest BCUT2D eigenvalue weighted by Gasteiger charge is -2.08. The Labute approximate surface area is 108 Å². The smallest absolute Gasteiger partial charge is 0.163 e. The maximum Gasteiger partial charge on any atom is 0.163 e. The summed E-state index contributed by atoms with van der Waals surface area (Å²) in [6.07, 6.45) is 0.851. The third-order valence-electron chi connectivity index (χ3n) is 2.63. The molecule has 0 aliphatic heterocycles. The molecule has 0 N–H and O–H groups in total. The van der Waals surface area contributed by atoms with E-state index in [4.69, 9.17) is 0 Å². The van der Waals surface area contributed by atoms with Crippen LogP contribution in [0.25, 0.3) is 11.4 Å². The molecule has 1 aromatic carbocycles. The van der Waals surface area contributed by atoms with Gasteiger partial charge in [0.05, 0.1) is 5.56 Å². The Morgan fingerprint density at radius 2 is 1.94 bits per heavy atom. The van der Waals surface area contributed by atoms with E-state index in [0.29, 0.717) is 11.4 Å². The minimum Gasteiger partial charge on any atom is -0.233 e. The van der Waals surface area contributed by atoms with Crippen molar-refractivity contribution in [2.75, 3.05) is 0 Å². The highest BCUT2D eigenvalue weighted by atomic mass is 79.9. The van der Waals surface area contributed by atoms with Gasteiger partial charge in [-0.05, 0) is 41.4 Å². The van der Waals surface area contributed by atoms with Gasteiger partial charge in [-0.15, -0.1) is 0 Å². The molecule has 0 spiro atoms. The summed E-state index contributed by atoms with van der Waals surface area (Å²) in [6.45, 7) is 3.95. The fraction of sp³-hybridized carbons (Fsp3) is 0.231. The van der Waals surface area contributed by atoms with E-state index < -0.39 is 0 Å². The summed E-state index contributed by atoms with van der Waals surface area (Å²) in [5, 5.41) is 0. The van der Waals surface area contributed by atoms with Crippen LogP contribution >= 0.6 is 15.9 Å². The highest BCUT2D eigenvalue weighted by Gasteiger charge is 2.12. The molecule has 4 heteroatoms. The van der Waals surface area contributed by atoms with Crippen molar-refractivity contribution in [2.45, 2.75) is 20.3 Å². The number of nitrogens with zero attached hydrogens (tertiary/aromatic N) is 2. The van der Waals surface area contributed by atoms with Gasteiger partial charge in [-0.2, -0.15) is 0 Å². The Morgan fingerprint density at radius 1 is 1.24 bits per heavy atom. The number of aryl methyl sites for hydroxylation is 1. The fourth-order valence-corrected chi connectivity index (χ4v) is 2.46. The van der Waals surface area contributed by atoms with Crippen molar-refractivity contribution in [1.82, 2.24) is 9.97 Å². The Hall–Kier alpha value is -1.29. The second-order valence-corrected chi connectivity index (χ2v) is 4.49. The fourth-order valence-electron chi connectivity index (χ4n) is 1.73. The van der Waals surface area contributed by atoms with Crippen LogP contribution in [0, 0.1) is 12.7 Å². The van der Waals surface area contributed by atoms with E-state index >= 15 is 0 Å². The summed E-state index contributed by atoms with van der Waals surface area (Å²) in [6, 6.07) is 6.53. The van der Waals surface area contributed by atoms with Gasteiger partial charge in [0, 0.05) is 11.3 Å². The lowest BCUT2D eigenvalue weighted by atomic mass is 10.1. The molecule has 2 aromatic rings. The molecule has 88 valence electrons. The monoisotopic (exact) mass is 294 g/mol. The molecule has 2 nitrogen and oxygen atoms in total. The molecule has 0 atom stereocenters. The molecule has 2 rings (SSSR count). The molecule has 0 saturated carbocycles. The molecule has 0 bridgehead atoms. The maximum atomic E-state index is 13.6. The van der Waals surface area contributed by atoms with Crippen LogP contribution in [0.3, 0.4) is 0 Å². The van der Waals surface area contributed by atoms with Crippen LogP contribution in [-0.2, 0) is 6.42 Å². The van der Waals surface area contributed by atoms with E-state index in [2.05, 4.69) is 25.9 Å². The number of aromatic nitrogens is 2. The predicted molar refractivity (Wildman–Crippen MR) is 69.2 cm³/mol. The predicted octanol–water partition coefficient (Wildman–Crippen LogP) is 3.92. The summed E-state index contributed by atoms with van der Waals surface area (Å²) >= 11 is 3.41. The normalized spacial score (nSPS) is 10.6. The van der Waals surface area contributed by atoms with Crippen LogP contribution in [0.2, 0.25) is 0 Å². The molecule has 0 saturated heterocycles. The second-order valence-electron chi connectivity index (χ2n) is 3.74. The highest BCUT2D eigenvalue weighted by Crippen LogP contribution is 2.24. The van der Waals surface area contributed by atoms with Crippen molar-refractivity contribution < 1.29 is 4.39 Å². The Bertz CT molecular complexity index is 532. The van der Waals surface area contributed by atoms with E-state index in [0.717, 1.165) is 22.3 Å². The molecule has 17 heavy (non-hydrogen) atoms. The SMILES string of the molecule is CCc1c(C)nc(-c2ccccc2F)nc1Br. The van der Waals surface area contributed by atoms with Gasteiger partial charge in [-0.3, -0.25) is 0 Å². The third-order valence-corrected chi connectivity index (χ3v) is 3.29. The molecular formula is C13H12BrFN2. The topological polar surface area (TPSA) is 25.8 Å². The van der Waals surface area contributed by atoms with Crippen LogP contribution in [-0.4, -0.2) is 9.97 Å². The summed E-state index contributed by atoms with van der Waals surface area (Å²) in [7, 11) is 0. The third kappa shape index (κ3) is 2.36. The first-order valence-corrected chi connectivity index (χ1v) is 6.20. The molecule has 0 fully saturated rings. The molecule has 0 amide bonds. The zero-order chi connectivity index (χ0) is 12.4. The lowest BCUT2D eigenvalue weighted by molar-refractivity contribution is 0.629. The summed E-state index contributed by atoms with van der Waals surface area (Å²) in [4.78, 5) is 8.66. The van der Waals surface area contributed by atoms with Gasteiger partial charge in [0.25, 0.3) is 0 Å². The average molecular weight is 295 g/mol. The van der Waals surface area contributed by atoms with Crippen molar-refractivity contribution >= 4 is 15.9 Å². The first-order valence-electron chi connectivity index (χ1n) is 5.41. The molecule has 1 heterocycles. The standard InChI is InChI=1S/C13H12BrFN2/c1-3-9-8(2)16-13(17-12(9)14)10-6-4-5-7-11(10)15/h4-7H,3H2,1-2H3. The van der Waals surface area contributed by atoms with Gasteiger partial charge < -0.3 is 0 Å². The van der Waals surface area contributed by atoms with Crippen molar-refractivity contribution in [3.63, 3.8) is 0 Å². The number of hydrogen-bond acceptors (Lipinski definition) is 2. The summed E-state index contributed by atoms with van der Waals surface area (Å²) in [5.41, 5.74) is 2.37. The van der Waals surface area contributed by atoms with Gasteiger partial charge in [-0.25, -0.2) is 14.4 Å². The van der Waals surface area contributed by atoms with Crippen molar-refractivity contribution in [3.8, 4) is 11.4 Å². The molecular weight excluding hydrogens is 283 g/mol. The summed E-state index contributed by atoms with van der Waals surface area (Å²) < 4.78 is 14.4. The minimum atomic E-state index is -0.303. The number of benzene rings is 1. The van der Waals surface area contributed by atoms with E-state index in [1.54, 1.807) is 18.2 Å². The van der Waals surface area contributed by atoms with Crippen LogP contribution in [0.15, 0.2) is 28.9 Å². The lowest BCUT2D eigenvalue weighted by Crippen LogP contribution is -2.00. The first-order chi connectivity index (χ1) is 8.13.